The molecule has 86 valence electrons. The molecule has 0 heterocycles. The van der Waals surface area contributed by atoms with Gasteiger partial charge < -0.3 is 4.90 Å². The molecule has 0 bridgehead atoms. The average Bonchev–Trinajstić information content (AvgIpc) is 3.18. The van der Waals surface area contributed by atoms with Crippen LogP contribution in [0.25, 0.3) is 0 Å². The maximum atomic E-state index is 2.46. The second-order valence-corrected chi connectivity index (χ2v) is 4.77. The van der Waals surface area contributed by atoms with E-state index >= 15 is 0 Å². The summed E-state index contributed by atoms with van der Waals surface area (Å²) in [5.41, 5.74) is 3.93. The lowest BCUT2D eigenvalue weighted by atomic mass is 10.2. The summed E-state index contributed by atoms with van der Waals surface area (Å²) in [5, 5.41) is 0. The lowest BCUT2D eigenvalue weighted by Gasteiger charge is -2.25. The number of anilines is 2. The van der Waals surface area contributed by atoms with E-state index in [1.54, 1.807) is 0 Å². The fourth-order valence-electron chi connectivity index (χ4n) is 2.20. The number of benzene rings is 2. The predicted molar refractivity (Wildman–Crippen MR) is 72.8 cm³/mol. The zero-order valence-corrected chi connectivity index (χ0v) is 10.1. The fraction of sp³-hybridized carbons (Fsp3) is 0.250. The quantitative estimate of drug-likeness (QED) is 0.750. The maximum Gasteiger partial charge on any atom is 0.0413 e. The summed E-state index contributed by atoms with van der Waals surface area (Å²) < 4.78 is 0. The average molecular weight is 223 g/mol. The molecule has 0 unspecified atom stereocenters. The number of aryl methyl sites for hydroxylation is 1. The van der Waals surface area contributed by atoms with Crippen molar-refractivity contribution < 1.29 is 0 Å². The minimum atomic E-state index is 0.695. The van der Waals surface area contributed by atoms with E-state index in [4.69, 9.17) is 0 Å². The van der Waals surface area contributed by atoms with Crippen LogP contribution in [0.5, 0.6) is 0 Å². The van der Waals surface area contributed by atoms with Crippen molar-refractivity contribution in [1.29, 1.82) is 0 Å². The molecule has 0 saturated heterocycles. The molecule has 2 aromatic rings. The first-order valence-electron chi connectivity index (χ1n) is 6.25. The molecule has 1 nitrogen and oxygen atoms in total. The van der Waals surface area contributed by atoms with Gasteiger partial charge in [-0.15, -0.1) is 0 Å². The Kier molecular flexibility index (Phi) is 2.60. The van der Waals surface area contributed by atoms with Crippen LogP contribution in [0.1, 0.15) is 18.4 Å². The van der Waals surface area contributed by atoms with Gasteiger partial charge in [0, 0.05) is 17.4 Å². The molecule has 1 aliphatic rings. The molecule has 3 rings (SSSR count). The summed E-state index contributed by atoms with van der Waals surface area (Å²) in [5.74, 6) is 0. The first-order chi connectivity index (χ1) is 8.34. The Morgan fingerprint density at radius 2 is 1.41 bits per heavy atom. The highest BCUT2D eigenvalue weighted by Gasteiger charge is 2.30. The smallest absolute Gasteiger partial charge is 0.0413 e. The first kappa shape index (κ1) is 10.4. The molecule has 1 aliphatic carbocycles. The normalized spacial score (nSPS) is 14.6. The number of hydrogen-bond donors (Lipinski definition) is 0. The van der Waals surface area contributed by atoms with Crippen molar-refractivity contribution in [2.45, 2.75) is 25.8 Å². The van der Waals surface area contributed by atoms with Crippen LogP contribution < -0.4 is 4.90 Å². The molecule has 0 atom stereocenters. The van der Waals surface area contributed by atoms with Crippen LogP contribution in [0.3, 0.4) is 0 Å². The van der Waals surface area contributed by atoms with Crippen molar-refractivity contribution in [3.8, 4) is 0 Å². The number of nitrogens with zero attached hydrogens (tertiary/aromatic N) is 1. The van der Waals surface area contributed by atoms with Crippen molar-refractivity contribution in [2.24, 2.45) is 0 Å². The maximum absolute atomic E-state index is 2.46. The number of rotatable bonds is 3. The van der Waals surface area contributed by atoms with Gasteiger partial charge >= 0.3 is 0 Å². The van der Waals surface area contributed by atoms with Gasteiger partial charge in [-0.3, -0.25) is 0 Å². The van der Waals surface area contributed by atoms with Crippen LogP contribution in [0.2, 0.25) is 0 Å². The van der Waals surface area contributed by atoms with Gasteiger partial charge in [-0.1, -0.05) is 35.9 Å². The third-order valence-electron chi connectivity index (χ3n) is 3.26. The SMILES string of the molecule is Cc1ccc(N(c2ccccc2)C2CC2)cc1. The van der Waals surface area contributed by atoms with Crippen LogP contribution in [0.15, 0.2) is 54.6 Å². The van der Waals surface area contributed by atoms with E-state index in [-0.39, 0.29) is 0 Å². The highest BCUT2D eigenvalue weighted by atomic mass is 15.2. The predicted octanol–water partition coefficient (Wildman–Crippen LogP) is 4.30. The summed E-state index contributed by atoms with van der Waals surface area (Å²) in [6.45, 7) is 2.13. The van der Waals surface area contributed by atoms with Gasteiger partial charge in [0.25, 0.3) is 0 Å². The van der Waals surface area contributed by atoms with Crippen LogP contribution in [0, 0.1) is 6.92 Å². The fourth-order valence-corrected chi connectivity index (χ4v) is 2.20. The molecule has 1 fully saturated rings. The van der Waals surface area contributed by atoms with Crippen molar-refractivity contribution >= 4 is 11.4 Å². The third kappa shape index (κ3) is 2.19. The summed E-state index contributed by atoms with van der Waals surface area (Å²) in [6, 6.07) is 20.2. The third-order valence-corrected chi connectivity index (χ3v) is 3.26. The molecular formula is C16H17N. The van der Waals surface area contributed by atoms with E-state index in [1.165, 1.54) is 29.8 Å². The Hall–Kier alpha value is -1.76. The van der Waals surface area contributed by atoms with E-state index in [1.807, 2.05) is 0 Å². The van der Waals surface area contributed by atoms with Crippen molar-refractivity contribution in [3.63, 3.8) is 0 Å². The van der Waals surface area contributed by atoms with Gasteiger partial charge in [-0.25, -0.2) is 0 Å². The summed E-state index contributed by atoms with van der Waals surface area (Å²) in [6.07, 6.45) is 2.62. The molecule has 0 aromatic heterocycles. The van der Waals surface area contributed by atoms with E-state index in [2.05, 4.69) is 66.4 Å². The topological polar surface area (TPSA) is 3.24 Å². The Morgan fingerprint density at radius 3 is 2.00 bits per heavy atom. The van der Waals surface area contributed by atoms with Crippen LogP contribution in [-0.2, 0) is 0 Å². The molecule has 0 radical (unpaired) electrons. The Labute approximate surface area is 103 Å². The van der Waals surface area contributed by atoms with E-state index in [9.17, 15) is 0 Å². The largest absolute Gasteiger partial charge is 0.338 e. The standard InChI is InChI=1S/C16H17N/c1-13-7-9-15(10-8-13)17(16-11-12-16)14-5-3-2-4-6-14/h2-10,16H,11-12H2,1H3. The zero-order chi connectivity index (χ0) is 11.7. The molecule has 0 spiro atoms. The lowest BCUT2D eigenvalue weighted by Crippen LogP contribution is -2.19. The van der Waals surface area contributed by atoms with Gasteiger partial charge in [0.1, 0.15) is 0 Å². The lowest BCUT2D eigenvalue weighted by molar-refractivity contribution is 0.970. The van der Waals surface area contributed by atoms with E-state index in [0.29, 0.717) is 6.04 Å². The second-order valence-electron chi connectivity index (χ2n) is 4.77. The van der Waals surface area contributed by atoms with Crippen LogP contribution in [0.4, 0.5) is 11.4 Å². The molecule has 0 amide bonds. The van der Waals surface area contributed by atoms with Crippen molar-refractivity contribution in [2.75, 3.05) is 4.90 Å². The van der Waals surface area contributed by atoms with Gasteiger partial charge in [-0.2, -0.15) is 0 Å². The van der Waals surface area contributed by atoms with Crippen LogP contribution >= 0.6 is 0 Å². The monoisotopic (exact) mass is 223 g/mol. The van der Waals surface area contributed by atoms with E-state index in [0.717, 1.165) is 0 Å². The molecule has 1 heteroatoms. The first-order valence-corrected chi connectivity index (χ1v) is 6.25. The molecular weight excluding hydrogens is 206 g/mol. The molecule has 0 N–H and O–H groups in total. The van der Waals surface area contributed by atoms with Crippen molar-refractivity contribution in [1.82, 2.24) is 0 Å². The minimum absolute atomic E-state index is 0.695. The summed E-state index contributed by atoms with van der Waals surface area (Å²) in [7, 11) is 0. The molecule has 17 heavy (non-hydrogen) atoms. The molecule has 2 aromatic carbocycles. The Bertz CT molecular complexity index is 483. The van der Waals surface area contributed by atoms with Gasteiger partial charge in [0.05, 0.1) is 0 Å². The highest BCUT2D eigenvalue weighted by molar-refractivity contribution is 5.65. The minimum Gasteiger partial charge on any atom is -0.338 e. The molecule has 1 saturated carbocycles. The van der Waals surface area contributed by atoms with E-state index < -0.39 is 0 Å². The summed E-state index contributed by atoms with van der Waals surface area (Å²) in [4.78, 5) is 2.46. The number of hydrogen-bond acceptors (Lipinski definition) is 1. The van der Waals surface area contributed by atoms with Gasteiger partial charge in [-0.05, 0) is 44.0 Å². The Balaban J connectivity index is 1.98. The van der Waals surface area contributed by atoms with Gasteiger partial charge in [0.15, 0.2) is 0 Å². The summed E-state index contributed by atoms with van der Waals surface area (Å²) >= 11 is 0. The number of para-hydroxylation sites is 1. The molecule has 0 aliphatic heterocycles. The van der Waals surface area contributed by atoms with Crippen molar-refractivity contribution in [3.05, 3.63) is 60.2 Å². The highest BCUT2D eigenvalue weighted by Crippen LogP contribution is 2.37. The van der Waals surface area contributed by atoms with Crippen LogP contribution in [-0.4, -0.2) is 6.04 Å². The Morgan fingerprint density at radius 1 is 0.824 bits per heavy atom. The zero-order valence-electron chi connectivity index (χ0n) is 10.1. The second kappa shape index (κ2) is 4.25. The van der Waals surface area contributed by atoms with Gasteiger partial charge in [0.2, 0.25) is 0 Å².